The molecule has 0 spiro atoms. The van der Waals surface area contributed by atoms with Crippen LogP contribution in [-0.4, -0.2) is 15.6 Å². The van der Waals surface area contributed by atoms with Gasteiger partial charge in [-0.1, -0.05) is 170 Å². The molecule has 380 valence electrons. The Morgan fingerprint density at radius 3 is 1.83 bits per heavy atom. The molecule has 1 aliphatic heterocycles. The summed E-state index contributed by atoms with van der Waals surface area (Å²) in [5, 5.41) is 2.13. The average Bonchev–Trinajstić information content (AvgIpc) is 3.97. The van der Waals surface area contributed by atoms with Gasteiger partial charge in [0.25, 0.3) is 11.4 Å². The van der Waals surface area contributed by atoms with Crippen LogP contribution in [0.25, 0.3) is 61.0 Å². The standard InChI is InChI=1S/C68H60F2N4O.Pt/c1-42(2)44-30-45(43(3)4)32-46(31-44)56-20-17-21-57(47-33-50(69)38-51(70)34-47)66(56)73-41-72(62-24-15-16-25-63(62)73)52-35-48(55-18-11-13-22-60(55)68(8,9)10)36-54(39-52)75-53-26-27-59-58-19-12-14-23-61(58)74(64(59)40-53)65-37-49(28-29-71-65)67(5,6)7;/h11-38,42-43H,1-10H3;/q;+2. The topological polar surface area (TPSA) is 33.1 Å². The first-order chi connectivity index (χ1) is 35.9. The molecule has 8 heteroatoms. The van der Waals surface area contributed by atoms with Crippen molar-refractivity contribution in [2.45, 2.75) is 91.9 Å². The van der Waals surface area contributed by atoms with Gasteiger partial charge in [0.2, 0.25) is 5.69 Å². The van der Waals surface area contributed by atoms with Crippen LogP contribution >= 0.6 is 0 Å². The molecule has 0 amide bonds. The normalized spacial score (nSPS) is 12.6. The van der Waals surface area contributed by atoms with Gasteiger partial charge in [0.1, 0.15) is 23.1 Å². The minimum Gasteiger partial charge on any atom is -0.509 e. The number of rotatable bonds is 10. The minimum absolute atomic E-state index is 0. The second-order valence-electron chi connectivity index (χ2n) is 22.4. The Kier molecular flexibility index (Phi) is 13.8. The molecule has 0 fully saturated rings. The number of aromatic nitrogens is 2. The van der Waals surface area contributed by atoms with E-state index < -0.39 is 11.6 Å². The van der Waals surface area contributed by atoms with Crippen molar-refractivity contribution in [3.05, 3.63) is 216 Å². The monoisotopic (exact) mass is 1180 g/mol. The molecule has 8 aromatic carbocycles. The number of hydrogen-bond donors (Lipinski definition) is 0. The maximum atomic E-state index is 15.3. The fourth-order valence-corrected chi connectivity index (χ4v) is 10.4. The van der Waals surface area contributed by atoms with Gasteiger partial charge in [0.05, 0.1) is 11.1 Å². The minimum atomic E-state index is -0.652. The summed E-state index contributed by atoms with van der Waals surface area (Å²) in [7, 11) is 0. The number of benzene rings is 8. The molecule has 0 saturated carbocycles. The van der Waals surface area contributed by atoms with Crippen LogP contribution in [0.4, 0.5) is 31.5 Å². The van der Waals surface area contributed by atoms with Crippen molar-refractivity contribution in [2.24, 2.45) is 0 Å². The van der Waals surface area contributed by atoms with E-state index in [2.05, 4.69) is 207 Å². The predicted molar refractivity (Wildman–Crippen MR) is 305 cm³/mol. The number of hydrogen-bond acceptors (Lipinski definition) is 2. The van der Waals surface area contributed by atoms with Crippen LogP contribution in [0.2, 0.25) is 0 Å². The second-order valence-corrected chi connectivity index (χ2v) is 22.4. The molecule has 0 bridgehead atoms. The molecule has 0 aliphatic carbocycles. The molecule has 0 N–H and O–H groups in total. The zero-order chi connectivity index (χ0) is 52.5. The zero-order valence-corrected chi connectivity index (χ0v) is 46.9. The molecule has 3 heterocycles. The number of halogens is 2. The maximum absolute atomic E-state index is 15.3. The summed E-state index contributed by atoms with van der Waals surface area (Å²) in [6.07, 6.45) is 1.88. The number of fused-ring (bicyclic) bond motifs is 4. The maximum Gasteiger partial charge on any atom is 2.00 e. The summed E-state index contributed by atoms with van der Waals surface area (Å²) < 4.78 is 43.8. The van der Waals surface area contributed by atoms with Gasteiger partial charge in [-0.05, 0) is 114 Å². The fraction of sp³-hybridized carbons (Fsp3) is 0.206. The van der Waals surface area contributed by atoms with Gasteiger partial charge in [0.15, 0.2) is 0 Å². The molecule has 0 saturated heterocycles. The van der Waals surface area contributed by atoms with Crippen molar-refractivity contribution in [1.29, 1.82) is 0 Å². The van der Waals surface area contributed by atoms with E-state index >= 15 is 8.78 Å². The van der Waals surface area contributed by atoms with Gasteiger partial charge in [0, 0.05) is 41.4 Å². The molecule has 0 radical (unpaired) electrons. The van der Waals surface area contributed by atoms with E-state index in [9.17, 15) is 0 Å². The van der Waals surface area contributed by atoms with Gasteiger partial charge in [-0.15, -0.1) is 29.1 Å². The Morgan fingerprint density at radius 1 is 0.553 bits per heavy atom. The smallest absolute Gasteiger partial charge is 0.509 e. The van der Waals surface area contributed by atoms with Crippen molar-refractivity contribution >= 4 is 50.6 Å². The fourth-order valence-electron chi connectivity index (χ4n) is 10.4. The quantitative estimate of drug-likeness (QED) is 0.101. The largest absolute Gasteiger partial charge is 2.00 e. The molecule has 76 heavy (non-hydrogen) atoms. The zero-order valence-electron chi connectivity index (χ0n) is 44.6. The summed E-state index contributed by atoms with van der Waals surface area (Å²) in [6, 6.07) is 65.2. The molecule has 10 aromatic rings. The summed E-state index contributed by atoms with van der Waals surface area (Å²) in [4.78, 5) is 4.90. The molecule has 1 aliphatic rings. The molecule has 11 rings (SSSR count). The Labute approximate surface area is 459 Å². The molecule has 5 nitrogen and oxygen atoms in total. The first-order valence-electron chi connectivity index (χ1n) is 25.9. The Hall–Kier alpha value is -7.56. The van der Waals surface area contributed by atoms with Gasteiger partial charge in [-0.3, -0.25) is 0 Å². The molecular weight excluding hydrogens is 1120 g/mol. The summed E-state index contributed by atoms with van der Waals surface area (Å²) in [5.74, 6) is 1.03. The third kappa shape index (κ3) is 9.79. The van der Waals surface area contributed by atoms with E-state index in [-0.39, 0.29) is 43.7 Å². The number of pyridine rings is 1. The van der Waals surface area contributed by atoms with Crippen LogP contribution in [0, 0.1) is 23.8 Å². The number of para-hydroxylation sites is 4. The van der Waals surface area contributed by atoms with Crippen molar-refractivity contribution in [1.82, 2.24) is 18.7 Å². The Bertz CT molecular complexity index is 3930. The van der Waals surface area contributed by atoms with Crippen LogP contribution in [-0.2, 0) is 31.9 Å². The summed E-state index contributed by atoms with van der Waals surface area (Å²) in [6.45, 7) is 22.1. The first-order valence-corrected chi connectivity index (χ1v) is 25.9. The van der Waals surface area contributed by atoms with Crippen LogP contribution in [0.1, 0.15) is 103 Å². The van der Waals surface area contributed by atoms with Crippen LogP contribution in [0.15, 0.2) is 170 Å². The van der Waals surface area contributed by atoms with Gasteiger partial charge < -0.3 is 9.30 Å². The van der Waals surface area contributed by atoms with Crippen molar-refractivity contribution in [3.8, 4) is 50.7 Å². The van der Waals surface area contributed by atoms with Gasteiger partial charge >= 0.3 is 27.1 Å². The van der Waals surface area contributed by atoms with E-state index in [4.69, 9.17) is 9.72 Å². The SMILES string of the molecule is CC(C)c1cc(-c2cccc(-c3cc(F)cc(F)c3)c2[N+]2=C=[N+](c3[c-]c(Oc4[c-]c5c(cc4)c4ccccc4n5-c4cc(C(C)(C)C)ccn4)cc(-c4ccccc4C(C)(C)C)c3)c3ccccc32)cc(C(C)C)c1.[Pt+2]. The Balaban J connectivity index is 0.00000657. The Morgan fingerprint density at radius 2 is 1.16 bits per heavy atom. The van der Waals surface area contributed by atoms with E-state index in [1.165, 1.54) is 34.4 Å². The van der Waals surface area contributed by atoms with Gasteiger partial charge in [-0.25, -0.2) is 13.8 Å². The number of ether oxygens (including phenoxy) is 1. The first kappa shape index (κ1) is 51.9. The third-order valence-electron chi connectivity index (χ3n) is 14.4. The van der Waals surface area contributed by atoms with E-state index in [1.807, 2.05) is 45.7 Å². The van der Waals surface area contributed by atoms with Crippen molar-refractivity contribution in [3.63, 3.8) is 0 Å². The molecule has 0 atom stereocenters. The molecule has 2 aromatic heterocycles. The van der Waals surface area contributed by atoms with Crippen molar-refractivity contribution in [2.75, 3.05) is 0 Å². The van der Waals surface area contributed by atoms with Gasteiger partial charge in [-0.2, -0.15) is 6.07 Å². The van der Waals surface area contributed by atoms with Crippen molar-refractivity contribution < 1.29 is 34.6 Å². The number of nitrogens with zero attached hydrogens (tertiary/aromatic N) is 4. The molecule has 0 unspecified atom stereocenters. The van der Waals surface area contributed by atoms with E-state index in [1.54, 1.807) is 0 Å². The predicted octanol–water partition coefficient (Wildman–Crippen LogP) is 18.5. The van der Waals surface area contributed by atoms with Crippen LogP contribution in [0.5, 0.6) is 11.5 Å². The van der Waals surface area contributed by atoms with Crippen LogP contribution in [0.3, 0.4) is 0 Å². The van der Waals surface area contributed by atoms with Crippen LogP contribution < -0.4 is 13.9 Å². The molecular formula is C68H60F2N4OPt+2. The average molecular weight is 1180 g/mol. The summed E-state index contributed by atoms with van der Waals surface area (Å²) in [5.41, 5.74) is 14.4. The third-order valence-corrected chi connectivity index (χ3v) is 14.4. The summed E-state index contributed by atoms with van der Waals surface area (Å²) >= 11 is 0. The van der Waals surface area contributed by atoms with E-state index in [0.29, 0.717) is 28.3 Å². The second kappa shape index (κ2) is 20.2. The van der Waals surface area contributed by atoms with E-state index in [0.717, 1.165) is 73.0 Å².